The van der Waals surface area contributed by atoms with Crippen molar-refractivity contribution in [3.8, 4) is 0 Å². The Kier molecular flexibility index (Phi) is 9.94. The molecule has 0 aromatic heterocycles. The number of aliphatic hydroxyl groups excluding tert-OH is 4. The Morgan fingerprint density at radius 3 is 0.804 bits per heavy atom. The Morgan fingerprint density at radius 2 is 0.609 bits per heavy atom. The predicted molar refractivity (Wildman–Crippen MR) is 189 cm³/mol. The topological polar surface area (TPSA) is 99.4 Å². The summed E-state index contributed by atoms with van der Waals surface area (Å²) in [6.45, 7) is 12.8. The molecule has 0 heterocycles. The molecule has 0 bridgehead atoms. The molecular formula is C38H48O6Si2. The molecule has 0 spiro atoms. The fourth-order valence-corrected chi connectivity index (χ4v) is 16.6. The van der Waals surface area contributed by atoms with Crippen molar-refractivity contribution in [2.75, 3.05) is 0 Å². The minimum Gasteiger partial charge on any atom is -0.399 e. The van der Waals surface area contributed by atoms with E-state index >= 15 is 0 Å². The molecule has 1 fully saturated rings. The summed E-state index contributed by atoms with van der Waals surface area (Å²) in [5, 5.41) is 49.1. The number of hydrogen-bond acceptors (Lipinski definition) is 6. The van der Waals surface area contributed by atoms with Gasteiger partial charge in [-0.2, -0.15) is 0 Å². The molecule has 4 aromatic rings. The fourth-order valence-electron chi connectivity index (χ4n) is 7.25. The standard InChI is InChI=1S/C38H48O6Si2/c1-37(2,3)45(27-19-11-7-12-20-27,28-21-13-8-14-22-28)43-35-33(41)31(39)32(40)34(42)36(35)44-46(38(4,5)6,29-23-15-9-16-24-29)30-25-17-10-18-26-30/h7-26,31-36,39-42H,1-6H3/t31-,32+,33-,34-,35+,36+/m0/s1. The van der Waals surface area contributed by atoms with E-state index < -0.39 is 63.3 Å². The third-order valence-corrected chi connectivity index (χ3v) is 19.6. The van der Waals surface area contributed by atoms with E-state index in [1.54, 1.807) is 0 Å². The van der Waals surface area contributed by atoms with Crippen LogP contribution in [0.15, 0.2) is 121 Å². The maximum atomic E-state index is 11.9. The van der Waals surface area contributed by atoms with Crippen molar-refractivity contribution in [3.63, 3.8) is 0 Å². The molecule has 5 rings (SSSR count). The van der Waals surface area contributed by atoms with Crippen LogP contribution in [0.4, 0.5) is 0 Å². The molecule has 0 radical (unpaired) electrons. The maximum Gasteiger partial charge on any atom is 0.261 e. The van der Waals surface area contributed by atoms with Gasteiger partial charge in [0.2, 0.25) is 0 Å². The first-order chi connectivity index (χ1) is 21.8. The first-order valence-corrected chi connectivity index (χ1v) is 19.9. The van der Waals surface area contributed by atoms with Crippen LogP contribution in [-0.2, 0) is 8.85 Å². The summed E-state index contributed by atoms with van der Waals surface area (Å²) < 4.78 is 14.8. The van der Waals surface area contributed by atoms with Crippen molar-refractivity contribution in [1.82, 2.24) is 0 Å². The van der Waals surface area contributed by atoms with E-state index in [1.165, 1.54) is 0 Å². The van der Waals surface area contributed by atoms with Gasteiger partial charge in [-0.15, -0.1) is 0 Å². The van der Waals surface area contributed by atoms with Gasteiger partial charge in [0.05, 0.1) is 0 Å². The quantitative estimate of drug-likeness (QED) is 0.217. The van der Waals surface area contributed by atoms with Crippen molar-refractivity contribution in [3.05, 3.63) is 121 Å². The zero-order valence-corrected chi connectivity index (χ0v) is 29.6. The fraction of sp³-hybridized carbons (Fsp3) is 0.368. The van der Waals surface area contributed by atoms with Gasteiger partial charge in [0.15, 0.2) is 0 Å². The molecule has 4 N–H and O–H groups in total. The van der Waals surface area contributed by atoms with Gasteiger partial charge in [0, 0.05) is 0 Å². The summed E-state index contributed by atoms with van der Waals surface area (Å²) in [5.74, 6) is 0. The molecule has 6 nitrogen and oxygen atoms in total. The van der Waals surface area contributed by atoms with Crippen molar-refractivity contribution in [2.45, 2.75) is 88.2 Å². The molecule has 0 unspecified atom stereocenters. The van der Waals surface area contributed by atoms with E-state index in [1.807, 2.05) is 72.8 Å². The Hall–Kier alpha value is -2.93. The van der Waals surface area contributed by atoms with Crippen LogP contribution in [0.1, 0.15) is 41.5 Å². The third-order valence-electron chi connectivity index (χ3n) is 9.51. The molecule has 0 amide bonds. The average Bonchev–Trinajstić information content (AvgIpc) is 3.05. The highest BCUT2D eigenvalue weighted by molar-refractivity contribution is 7.00. The van der Waals surface area contributed by atoms with Gasteiger partial charge in [-0.3, -0.25) is 0 Å². The minimum absolute atomic E-state index is 0.455. The number of rotatable bonds is 8. The molecule has 1 aliphatic carbocycles. The molecule has 0 saturated heterocycles. The van der Waals surface area contributed by atoms with Crippen LogP contribution >= 0.6 is 0 Å². The van der Waals surface area contributed by atoms with Crippen molar-refractivity contribution in [1.29, 1.82) is 0 Å². The first-order valence-electron chi connectivity index (χ1n) is 16.1. The number of aliphatic hydroxyl groups is 4. The Balaban J connectivity index is 1.76. The van der Waals surface area contributed by atoms with Crippen LogP contribution < -0.4 is 20.7 Å². The van der Waals surface area contributed by atoms with Gasteiger partial charge in [-0.25, -0.2) is 0 Å². The predicted octanol–water partition coefficient (Wildman–Crippen LogP) is 3.33. The highest BCUT2D eigenvalue weighted by Gasteiger charge is 2.61. The molecule has 0 aliphatic heterocycles. The normalized spacial score (nSPS) is 24.5. The Bertz CT molecular complexity index is 1340. The lowest BCUT2D eigenvalue weighted by Crippen LogP contribution is -2.76. The van der Waals surface area contributed by atoms with E-state index in [4.69, 9.17) is 8.85 Å². The molecule has 8 heteroatoms. The highest BCUT2D eigenvalue weighted by atomic mass is 28.4. The summed E-state index contributed by atoms with van der Waals surface area (Å²) in [4.78, 5) is 0. The lowest BCUT2D eigenvalue weighted by molar-refractivity contribution is -0.214. The summed E-state index contributed by atoms with van der Waals surface area (Å²) in [6.07, 6.45) is -8.72. The van der Waals surface area contributed by atoms with Crippen LogP contribution in [-0.4, -0.2) is 73.7 Å². The zero-order valence-electron chi connectivity index (χ0n) is 27.6. The van der Waals surface area contributed by atoms with Gasteiger partial charge in [-0.1, -0.05) is 163 Å². The van der Waals surface area contributed by atoms with Crippen LogP contribution in [0, 0.1) is 0 Å². The van der Waals surface area contributed by atoms with E-state index in [0.717, 1.165) is 20.7 Å². The van der Waals surface area contributed by atoms with Crippen molar-refractivity contribution >= 4 is 37.4 Å². The van der Waals surface area contributed by atoms with Crippen LogP contribution in [0.5, 0.6) is 0 Å². The van der Waals surface area contributed by atoms with E-state index in [0.29, 0.717) is 0 Å². The van der Waals surface area contributed by atoms with Gasteiger partial charge < -0.3 is 29.3 Å². The molecule has 6 atom stereocenters. The summed E-state index contributed by atoms with van der Waals surface area (Å²) in [7, 11) is -6.62. The van der Waals surface area contributed by atoms with E-state index in [9.17, 15) is 20.4 Å². The SMILES string of the molecule is CC(C)(C)[Si](O[C@@H]1[C@@H](O)[C@H](O)[C@H](O)[C@H](O)[C@H]1O[Si](c1ccccc1)(c1ccccc1)C(C)(C)C)(c1ccccc1)c1ccccc1. The lowest BCUT2D eigenvalue weighted by Gasteiger charge is -2.54. The van der Waals surface area contributed by atoms with Crippen molar-refractivity contribution < 1.29 is 29.3 Å². The zero-order chi connectivity index (χ0) is 33.3. The van der Waals surface area contributed by atoms with Crippen LogP contribution in [0.2, 0.25) is 10.1 Å². The van der Waals surface area contributed by atoms with Crippen LogP contribution in [0.25, 0.3) is 0 Å². The summed E-state index contributed by atoms with van der Waals surface area (Å²) in [5.41, 5.74) is 0. The lowest BCUT2D eigenvalue weighted by atomic mass is 9.85. The second kappa shape index (κ2) is 13.3. The van der Waals surface area contributed by atoms with Gasteiger partial charge in [-0.05, 0) is 30.8 Å². The summed E-state index contributed by atoms with van der Waals surface area (Å²) >= 11 is 0. The first kappa shape index (κ1) is 34.4. The van der Waals surface area contributed by atoms with E-state index in [-0.39, 0.29) is 0 Å². The molecule has 4 aromatic carbocycles. The van der Waals surface area contributed by atoms with Crippen LogP contribution in [0.3, 0.4) is 0 Å². The summed E-state index contributed by atoms with van der Waals surface area (Å²) in [6, 6.07) is 40.1. The van der Waals surface area contributed by atoms with E-state index in [2.05, 4.69) is 90.1 Å². The Morgan fingerprint density at radius 1 is 0.391 bits per heavy atom. The highest BCUT2D eigenvalue weighted by Crippen LogP contribution is 2.43. The molecule has 1 saturated carbocycles. The van der Waals surface area contributed by atoms with Gasteiger partial charge in [0.1, 0.15) is 36.6 Å². The second-order valence-corrected chi connectivity index (χ2v) is 23.0. The molecule has 46 heavy (non-hydrogen) atoms. The number of benzene rings is 4. The minimum atomic E-state index is -3.31. The maximum absolute atomic E-state index is 11.9. The van der Waals surface area contributed by atoms with Gasteiger partial charge in [0.25, 0.3) is 16.6 Å². The smallest absolute Gasteiger partial charge is 0.261 e. The molecular weight excluding hydrogens is 609 g/mol. The average molecular weight is 657 g/mol. The Labute approximate surface area is 275 Å². The molecule has 244 valence electrons. The van der Waals surface area contributed by atoms with Gasteiger partial charge >= 0.3 is 0 Å². The largest absolute Gasteiger partial charge is 0.399 e. The third kappa shape index (κ3) is 5.97. The monoisotopic (exact) mass is 656 g/mol. The van der Waals surface area contributed by atoms with Crippen molar-refractivity contribution in [2.24, 2.45) is 0 Å². The second-order valence-electron chi connectivity index (χ2n) is 14.5. The number of hydrogen-bond donors (Lipinski definition) is 4. The molecule has 1 aliphatic rings.